The molecule has 0 unspecified atom stereocenters. The molecular weight excluding hydrogens is 276 g/mol. The molecule has 1 heterocycles. The number of nitro benzene ring substituents is 1. The maximum absolute atomic E-state index is 12.1. The number of nitrogens with zero attached hydrogens (tertiary/aromatic N) is 2. The largest absolute Gasteiger partial charge is 0.477 e. The van der Waals surface area contributed by atoms with Crippen molar-refractivity contribution in [3.05, 3.63) is 34.4 Å². The number of para-hydroxylation sites is 2. The van der Waals surface area contributed by atoms with Crippen LogP contribution in [-0.4, -0.2) is 47.6 Å². The first-order chi connectivity index (χ1) is 9.97. The molecule has 1 aliphatic heterocycles. The summed E-state index contributed by atoms with van der Waals surface area (Å²) in [7, 11) is 0. The first-order valence-corrected chi connectivity index (χ1v) is 6.77. The zero-order valence-corrected chi connectivity index (χ0v) is 12.0. The summed E-state index contributed by atoms with van der Waals surface area (Å²) in [6.07, 6.45) is -0.0486. The highest BCUT2D eigenvalue weighted by Gasteiger charge is 2.26. The van der Waals surface area contributed by atoms with Gasteiger partial charge < -0.3 is 14.4 Å². The van der Waals surface area contributed by atoms with Crippen LogP contribution in [-0.2, 0) is 9.53 Å². The fourth-order valence-corrected chi connectivity index (χ4v) is 2.34. The number of hydrogen-bond acceptors (Lipinski definition) is 5. The lowest BCUT2D eigenvalue weighted by molar-refractivity contribution is -0.385. The fourth-order valence-electron chi connectivity index (χ4n) is 2.34. The average Bonchev–Trinajstić information content (AvgIpc) is 2.43. The standard InChI is InChI=1S/C14H18N2O5/c1-10-7-15(8-11(2)21-10)14(17)9-20-13-6-4-3-5-12(13)16(18)19/h3-6,10-11H,7-9H2,1-2H3/t10-,11-/m1/s1. The van der Waals surface area contributed by atoms with Gasteiger partial charge in [0.05, 0.1) is 17.1 Å². The Balaban J connectivity index is 1.97. The number of benzene rings is 1. The number of hydrogen-bond donors (Lipinski definition) is 0. The van der Waals surface area contributed by atoms with Gasteiger partial charge in [0, 0.05) is 19.2 Å². The van der Waals surface area contributed by atoms with Gasteiger partial charge in [-0.15, -0.1) is 0 Å². The summed E-state index contributed by atoms with van der Waals surface area (Å²) in [6, 6.07) is 6.01. The van der Waals surface area contributed by atoms with Crippen LogP contribution >= 0.6 is 0 Å². The fraction of sp³-hybridized carbons (Fsp3) is 0.500. The van der Waals surface area contributed by atoms with Gasteiger partial charge in [-0.25, -0.2) is 0 Å². The molecule has 0 radical (unpaired) electrons. The molecule has 114 valence electrons. The van der Waals surface area contributed by atoms with Crippen LogP contribution in [0.1, 0.15) is 13.8 Å². The molecule has 0 saturated carbocycles. The van der Waals surface area contributed by atoms with Crippen LogP contribution in [0, 0.1) is 10.1 Å². The second kappa shape index (κ2) is 6.53. The molecule has 1 aliphatic rings. The van der Waals surface area contributed by atoms with Crippen molar-refractivity contribution in [2.45, 2.75) is 26.1 Å². The van der Waals surface area contributed by atoms with Gasteiger partial charge in [0.25, 0.3) is 5.91 Å². The van der Waals surface area contributed by atoms with E-state index < -0.39 is 4.92 Å². The number of carbonyl (C=O) groups is 1. The first-order valence-electron chi connectivity index (χ1n) is 6.77. The van der Waals surface area contributed by atoms with E-state index in [4.69, 9.17) is 9.47 Å². The van der Waals surface area contributed by atoms with Gasteiger partial charge in [-0.05, 0) is 19.9 Å². The normalized spacial score (nSPS) is 21.9. The van der Waals surface area contributed by atoms with Gasteiger partial charge in [-0.3, -0.25) is 14.9 Å². The highest BCUT2D eigenvalue weighted by Crippen LogP contribution is 2.25. The summed E-state index contributed by atoms with van der Waals surface area (Å²) >= 11 is 0. The minimum atomic E-state index is -0.529. The molecule has 0 bridgehead atoms. The molecule has 1 fully saturated rings. The molecule has 21 heavy (non-hydrogen) atoms. The highest BCUT2D eigenvalue weighted by atomic mass is 16.6. The molecular formula is C14H18N2O5. The van der Waals surface area contributed by atoms with Crippen molar-refractivity contribution in [2.24, 2.45) is 0 Å². The number of carbonyl (C=O) groups excluding carboxylic acids is 1. The minimum absolute atomic E-state index is 0.0243. The van der Waals surface area contributed by atoms with E-state index in [1.807, 2.05) is 13.8 Å². The molecule has 1 saturated heterocycles. The summed E-state index contributed by atoms with van der Waals surface area (Å²) in [6.45, 7) is 4.59. The van der Waals surface area contributed by atoms with Crippen molar-refractivity contribution in [2.75, 3.05) is 19.7 Å². The summed E-state index contributed by atoms with van der Waals surface area (Å²) in [5.74, 6) is -0.0969. The van der Waals surface area contributed by atoms with E-state index in [1.54, 1.807) is 17.0 Å². The minimum Gasteiger partial charge on any atom is -0.477 e. The third-order valence-electron chi connectivity index (χ3n) is 3.19. The van der Waals surface area contributed by atoms with E-state index in [9.17, 15) is 14.9 Å². The lowest BCUT2D eigenvalue weighted by Gasteiger charge is -2.35. The third kappa shape index (κ3) is 3.91. The summed E-state index contributed by atoms with van der Waals surface area (Å²) in [4.78, 5) is 24.1. The number of rotatable bonds is 4. The van der Waals surface area contributed by atoms with Crippen LogP contribution in [0.4, 0.5) is 5.69 Å². The Morgan fingerprint density at radius 2 is 2.00 bits per heavy atom. The van der Waals surface area contributed by atoms with Crippen molar-refractivity contribution in [3.8, 4) is 5.75 Å². The molecule has 1 amide bonds. The molecule has 0 aliphatic carbocycles. The Kier molecular flexibility index (Phi) is 4.74. The van der Waals surface area contributed by atoms with Gasteiger partial charge >= 0.3 is 5.69 Å². The Hall–Kier alpha value is -2.15. The van der Waals surface area contributed by atoms with E-state index >= 15 is 0 Å². The zero-order valence-electron chi connectivity index (χ0n) is 12.0. The van der Waals surface area contributed by atoms with Crippen molar-refractivity contribution in [3.63, 3.8) is 0 Å². The summed E-state index contributed by atoms with van der Waals surface area (Å²) in [5.41, 5.74) is -0.144. The SMILES string of the molecule is C[C@@H]1CN(C(=O)COc2ccccc2[N+](=O)[O-])C[C@@H](C)O1. The maximum Gasteiger partial charge on any atom is 0.310 e. The van der Waals surface area contributed by atoms with Crippen molar-refractivity contribution < 1.29 is 19.2 Å². The van der Waals surface area contributed by atoms with Gasteiger partial charge in [0.1, 0.15) is 0 Å². The molecule has 0 aromatic heterocycles. The van der Waals surface area contributed by atoms with Gasteiger partial charge in [0.15, 0.2) is 12.4 Å². The number of ether oxygens (including phenoxy) is 2. The van der Waals surface area contributed by atoms with Gasteiger partial charge in [0.2, 0.25) is 0 Å². The second-order valence-corrected chi connectivity index (χ2v) is 5.07. The second-order valence-electron chi connectivity index (χ2n) is 5.07. The number of nitro groups is 1. The Morgan fingerprint density at radius 1 is 1.38 bits per heavy atom. The number of morpholine rings is 1. The van der Waals surface area contributed by atoms with Crippen molar-refractivity contribution in [1.29, 1.82) is 0 Å². The third-order valence-corrected chi connectivity index (χ3v) is 3.19. The van der Waals surface area contributed by atoms with Gasteiger partial charge in [-0.2, -0.15) is 0 Å². The molecule has 0 spiro atoms. The molecule has 1 aromatic rings. The predicted octanol–water partition coefficient (Wildman–Crippen LogP) is 1.61. The van der Waals surface area contributed by atoms with Crippen LogP contribution < -0.4 is 4.74 Å². The van der Waals surface area contributed by atoms with E-state index in [1.165, 1.54) is 12.1 Å². The average molecular weight is 294 g/mol. The molecule has 2 atom stereocenters. The van der Waals surface area contributed by atoms with Crippen LogP contribution in [0.5, 0.6) is 5.75 Å². The lowest BCUT2D eigenvalue weighted by Crippen LogP contribution is -2.49. The highest BCUT2D eigenvalue weighted by molar-refractivity contribution is 5.78. The monoisotopic (exact) mass is 294 g/mol. The van der Waals surface area contributed by atoms with E-state index in [2.05, 4.69) is 0 Å². The van der Waals surface area contributed by atoms with E-state index in [-0.39, 0.29) is 36.2 Å². The molecule has 7 nitrogen and oxygen atoms in total. The smallest absolute Gasteiger partial charge is 0.310 e. The molecule has 2 rings (SSSR count). The summed E-state index contributed by atoms with van der Waals surface area (Å²) < 4.78 is 10.9. The van der Waals surface area contributed by atoms with Crippen LogP contribution in [0.2, 0.25) is 0 Å². The van der Waals surface area contributed by atoms with E-state index in [0.717, 1.165) is 0 Å². The van der Waals surface area contributed by atoms with Crippen LogP contribution in [0.25, 0.3) is 0 Å². The molecule has 7 heteroatoms. The predicted molar refractivity (Wildman–Crippen MR) is 75.2 cm³/mol. The van der Waals surface area contributed by atoms with Gasteiger partial charge in [-0.1, -0.05) is 12.1 Å². The Bertz CT molecular complexity index is 524. The molecule has 1 aromatic carbocycles. The Morgan fingerprint density at radius 3 is 2.62 bits per heavy atom. The maximum atomic E-state index is 12.1. The van der Waals surface area contributed by atoms with Crippen LogP contribution in [0.15, 0.2) is 24.3 Å². The van der Waals surface area contributed by atoms with Crippen molar-refractivity contribution in [1.82, 2.24) is 4.90 Å². The Labute approximate surface area is 122 Å². The zero-order chi connectivity index (χ0) is 15.4. The summed E-state index contributed by atoms with van der Waals surface area (Å²) in [5, 5.41) is 10.9. The topological polar surface area (TPSA) is 81.9 Å². The van der Waals surface area contributed by atoms with E-state index in [0.29, 0.717) is 13.1 Å². The first kappa shape index (κ1) is 15.2. The lowest BCUT2D eigenvalue weighted by atomic mass is 10.2. The van der Waals surface area contributed by atoms with Crippen LogP contribution in [0.3, 0.4) is 0 Å². The molecule has 0 N–H and O–H groups in total. The van der Waals surface area contributed by atoms with Crippen molar-refractivity contribution >= 4 is 11.6 Å². The quantitative estimate of drug-likeness (QED) is 0.622. The number of amides is 1.